The van der Waals surface area contributed by atoms with E-state index in [1.807, 2.05) is 19.1 Å². The summed E-state index contributed by atoms with van der Waals surface area (Å²) >= 11 is 3.73. The molecule has 7 atom stereocenters. The van der Waals surface area contributed by atoms with Gasteiger partial charge in [-0.2, -0.15) is 0 Å². The summed E-state index contributed by atoms with van der Waals surface area (Å²) in [6.45, 7) is 14.6. The third-order valence-electron chi connectivity index (χ3n) is 8.47. The molecule has 1 aromatic carbocycles. The van der Waals surface area contributed by atoms with Crippen molar-refractivity contribution in [3.63, 3.8) is 0 Å². The molecular formula is C31H42BrN3O6. The zero-order valence-electron chi connectivity index (χ0n) is 24.2. The van der Waals surface area contributed by atoms with Crippen LogP contribution in [0.4, 0.5) is 5.69 Å². The number of carbonyl (C=O) groups excluding carboxylic acids is 3. The number of hydrogen-bond acceptors (Lipinski definition) is 6. The third-order valence-corrected chi connectivity index (χ3v) is 9.31. The lowest BCUT2D eigenvalue weighted by Gasteiger charge is -2.38. The molecule has 0 saturated carbocycles. The number of anilines is 1. The van der Waals surface area contributed by atoms with Gasteiger partial charge in [-0.25, -0.2) is 0 Å². The van der Waals surface area contributed by atoms with E-state index < -0.39 is 35.6 Å². The Labute approximate surface area is 251 Å². The maximum absolute atomic E-state index is 14.4. The number of carbonyl (C=O) groups is 3. The fraction of sp³-hybridized carbons (Fsp3) is 0.581. The fourth-order valence-corrected chi connectivity index (χ4v) is 7.62. The first-order valence-corrected chi connectivity index (χ1v) is 15.4. The van der Waals surface area contributed by atoms with Crippen molar-refractivity contribution in [1.82, 2.24) is 9.80 Å². The number of hydrogen-bond donors (Lipinski definition) is 1. The highest BCUT2D eigenvalue weighted by Gasteiger charge is 2.77. The Morgan fingerprint density at radius 3 is 2.49 bits per heavy atom. The van der Waals surface area contributed by atoms with Gasteiger partial charge >= 0.3 is 0 Å². The summed E-state index contributed by atoms with van der Waals surface area (Å²) in [5, 5.41) is 10.1. The van der Waals surface area contributed by atoms with Gasteiger partial charge in [0.2, 0.25) is 17.7 Å². The van der Waals surface area contributed by atoms with Crippen LogP contribution in [0.15, 0.2) is 49.6 Å². The van der Waals surface area contributed by atoms with Gasteiger partial charge < -0.3 is 29.3 Å². The molecule has 3 saturated heterocycles. The minimum Gasteiger partial charge on any atom is -0.494 e. The van der Waals surface area contributed by atoms with Crippen LogP contribution >= 0.6 is 15.9 Å². The second-order valence-electron chi connectivity index (χ2n) is 11.0. The molecule has 224 valence electrons. The predicted molar refractivity (Wildman–Crippen MR) is 161 cm³/mol. The molecule has 3 aliphatic heterocycles. The summed E-state index contributed by atoms with van der Waals surface area (Å²) < 4.78 is 12.2. The molecule has 9 nitrogen and oxygen atoms in total. The Bertz CT molecular complexity index is 1150. The van der Waals surface area contributed by atoms with Crippen molar-refractivity contribution < 1.29 is 29.0 Å². The predicted octanol–water partition coefficient (Wildman–Crippen LogP) is 3.55. The number of unbranched alkanes of at least 4 members (excludes halogenated alkanes) is 1. The Morgan fingerprint density at radius 1 is 1.22 bits per heavy atom. The van der Waals surface area contributed by atoms with Gasteiger partial charge in [0.25, 0.3) is 0 Å². The molecule has 0 aliphatic carbocycles. The van der Waals surface area contributed by atoms with Crippen LogP contribution in [0, 0.1) is 11.8 Å². The second-order valence-corrected chi connectivity index (χ2v) is 12.2. The molecule has 1 aromatic rings. The van der Waals surface area contributed by atoms with Crippen molar-refractivity contribution in [3.05, 3.63) is 49.6 Å². The molecule has 2 bridgehead atoms. The number of rotatable bonds is 14. The van der Waals surface area contributed by atoms with Gasteiger partial charge in [0.1, 0.15) is 17.4 Å². The summed E-state index contributed by atoms with van der Waals surface area (Å²) in [5.74, 6) is -1.81. The molecule has 10 heteroatoms. The van der Waals surface area contributed by atoms with Crippen LogP contribution < -0.4 is 9.64 Å². The number of aliphatic hydroxyl groups is 1. The zero-order valence-corrected chi connectivity index (χ0v) is 25.8. The summed E-state index contributed by atoms with van der Waals surface area (Å²) in [4.78, 5) is 47.5. The monoisotopic (exact) mass is 631 g/mol. The maximum atomic E-state index is 14.4. The summed E-state index contributed by atoms with van der Waals surface area (Å²) in [5.41, 5.74) is -0.544. The number of amides is 3. The van der Waals surface area contributed by atoms with Crippen LogP contribution in [0.1, 0.15) is 40.0 Å². The first kappa shape index (κ1) is 31.3. The minimum atomic E-state index is -1.19. The van der Waals surface area contributed by atoms with Crippen LogP contribution in [-0.2, 0) is 19.1 Å². The topological polar surface area (TPSA) is 99.6 Å². The van der Waals surface area contributed by atoms with Gasteiger partial charge in [0.05, 0.1) is 37.2 Å². The first-order valence-electron chi connectivity index (χ1n) is 14.5. The van der Waals surface area contributed by atoms with E-state index >= 15 is 0 Å². The highest BCUT2D eigenvalue weighted by atomic mass is 79.9. The molecular weight excluding hydrogens is 590 g/mol. The highest BCUT2D eigenvalue weighted by molar-refractivity contribution is 9.09. The van der Waals surface area contributed by atoms with Crippen LogP contribution in [0.3, 0.4) is 0 Å². The molecule has 0 radical (unpaired) electrons. The van der Waals surface area contributed by atoms with E-state index in [0.29, 0.717) is 37.6 Å². The first-order chi connectivity index (χ1) is 19.7. The van der Waals surface area contributed by atoms with Gasteiger partial charge in [-0.1, -0.05) is 41.4 Å². The highest BCUT2D eigenvalue weighted by Crippen LogP contribution is 2.61. The van der Waals surface area contributed by atoms with Crippen LogP contribution in [0.5, 0.6) is 5.75 Å². The molecule has 3 heterocycles. The number of nitrogens with zero attached hydrogens (tertiary/aromatic N) is 3. The maximum Gasteiger partial charge on any atom is 0.248 e. The molecule has 3 unspecified atom stereocenters. The van der Waals surface area contributed by atoms with E-state index in [1.54, 1.807) is 41.0 Å². The van der Waals surface area contributed by atoms with Gasteiger partial charge in [-0.15, -0.1) is 13.2 Å². The molecule has 3 amide bonds. The van der Waals surface area contributed by atoms with Crippen LogP contribution in [0.2, 0.25) is 0 Å². The number of fused-ring (bicyclic) bond motifs is 1. The standard InChI is InChI=1S/C31H42BrN3O6/c1-6-10-17-33(15-7-2)30(39)27-31-18-23(32)26(41-31)24(25(31)29(38)35(27)20(5)19-36)28(37)34(16-8-3)21-11-13-22(14-12-21)40-9-4/h7-8,11-14,20,23-27,36H,2-3,6,9-10,15-19H2,1,4-5H3/t20-,23?,24-,25+,26-,27?,31?/m1/s1. The van der Waals surface area contributed by atoms with Crippen molar-refractivity contribution in [3.8, 4) is 5.75 Å². The van der Waals surface area contributed by atoms with Gasteiger partial charge in [0.15, 0.2) is 0 Å². The minimum absolute atomic E-state index is 0.227. The van der Waals surface area contributed by atoms with Gasteiger partial charge in [-0.05, 0) is 51.0 Å². The zero-order chi connectivity index (χ0) is 29.9. The molecule has 1 spiro atoms. The fourth-order valence-electron chi connectivity index (χ4n) is 6.68. The molecule has 0 aromatic heterocycles. The van der Waals surface area contributed by atoms with Crippen LogP contribution in [-0.4, -0.2) is 94.1 Å². The van der Waals surface area contributed by atoms with Crippen molar-refractivity contribution in [1.29, 1.82) is 0 Å². The van der Waals surface area contributed by atoms with Crippen molar-refractivity contribution in [2.45, 2.75) is 68.6 Å². The molecule has 3 aliphatic rings. The summed E-state index contributed by atoms with van der Waals surface area (Å²) in [7, 11) is 0. The average Bonchev–Trinajstić information content (AvgIpc) is 3.56. The molecule has 41 heavy (non-hydrogen) atoms. The quantitative estimate of drug-likeness (QED) is 0.249. The summed E-state index contributed by atoms with van der Waals surface area (Å²) in [6.07, 6.45) is 4.85. The van der Waals surface area contributed by atoms with Crippen molar-refractivity contribution >= 4 is 39.3 Å². The van der Waals surface area contributed by atoms with Gasteiger partial charge in [-0.3, -0.25) is 14.4 Å². The smallest absolute Gasteiger partial charge is 0.248 e. The van der Waals surface area contributed by atoms with Crippen molar-refractivity contribution in [2.75, 3.05) is 37.7 Å². The number of likely N-dealkylation sites (tertiary alicyclic amines) is 1. The Kier molecular flexibility index (Phi) is 9.97. The van der Waals surface area contributed by atoms with Crippen molar-refractivity contribution in [2.24, 2.45) is 11.8 Å². The lowest BCUT2D eigenvalue weighted by Crippen LogP contribution is -2.58. The number of ether oxygens (including phenoxy) is 2. The third kappa shape index (κ3) is 5.46. The van der Waals surface area contributed by atoms with Gasteiger partial charge in [0, 0.05) is 30.1 Å². The van der Waals surface area contributed by atoms with E-state index in [1.165, 1.54) is 4.90 Å². The number of benzene rings is 1. The SMILES string of the molecule is C=CCN(CCCC)C(=O)C1N([C@H](C)CO)C(=O)[C@@H]2[C@@H](C(=O)N(CC=C)c3ccc(OCC)cc3)[C@@H]3OC12CC3Br. The molecule has 4 rings (SSSR count). The van der Waals surface area contributed by atoms with E-state index in [2.05, 4.69) is 36.0 Å². The normalized spacial score (nSPS) is 28.8. The molecule has 3 fully saturated rings. The Morgan fingerprint density at radius 2 is 1.90 bits per heavy atom. The van der Waals surface area contributed by atoms with E-state index in [-0.39, 0.29) is 35.7 Å². The number of aliphatic hydroxyl groups excluding tert-OH is 1. The largest absolute Gasteiger partial charge is 0.494 e. The number of alkyl halides is 1. The Hall–Kier alpha value is -2.69. The lowest BCUT2D eigenvalue weighted by atomic mass is 9.70. The van der Waals surface area contributed by atoms with E-state index in [9.17, 15) is 19.5 Å². The second kappa shape index (κ2) is 13.1. The number of halogens is 1. The average molecular weight is 633 g/mol. The molecule has 1 N–H and O–H groups in total. The lowest BCUT2D eigenvalue weighted by molar-refractivity contribution is -0.150. The summed E-state index contributed by atoms with van der Waals surface area (Å²) in [6, 6.07) is 5.64. The van der Waals surface area contributed by atoms with E-state index in [4.69, 9.17) is 9.47 Å². The Balaban J connectivity index is 1.75. The van der Waals surface area contributed by atoms with Crippen LogP contribution in [0.25, 0.3) is 0 Å². The van der Waals surface area contributed by atoms with E-state index in [0.717, 1.165) is 12.8 Å².